The zero-order valence-electron chi connectivity index (χ0n) is 33.5. The van der Waals surface area contributed by atoms with Crippen LogP contribution in [0.5, 0.6) is 0 Å². The third-order valence-corrected chi connectivity index (χ3v) is 11.9. The van der Waals surface area contributed by atoms with E-state index in [1.165, 1.54) is 71.9 Å². The van der Waals surface area contributed by atoms with Crippen LogP contribution < -0.4 is 0 Å². The first-order valence-electron chi connectivity index (χ1n) is 20.9. The molecule has 0 aliphatic heterocycles. The molecule has 0 fully saturated rings. The molecule has 2 aromatic heterocycles. The Balaban J connectivity index is 0.810. The highest BCUT2D eigenvalue weighted by Crippen LogP contribution is 2.35. The molecule has 11 rings (SSSR count). The number of rotatable bonds is 8. The summed E-state index contributed by atoms with van der Waals surface area (Å²) in [7, 11) is 0. The highest BCUT2D eigenvalue weighted by Gasteiger charge is 2.13. The largest absolute Gasteiger partial charge is 0.309 e. The number of benzene rings is 9. The predicted molar refractivity (Wildman–Crippen MR) is 257 cm³/mol. The SMILES string of the molecule is c1ccc(-c2cc(-c3ccccc3)nc(-c3ccc(-c4ccc(-c5cccc(-c6ccc(-c7ccc(-n8c9ccccc9c9ccccc98)cc7)cc6)c5)cc4)cc3)c2)cc1. The zero-order chi connectivity index (χ0) is 40.5. The Morgan fingerprint density at radius 1 is 0.230 bits per heavy atom. The summed E-state index contributed by atoms with van der Waals surface area (Å²) in [6.45, 7) is 0. The summed E-state index contributed by atoms with van der Waals surface area (Å²) in [4.78, 5) is 5.12. The number of pyridine rings is 1. The minimum atomic E-state index is 0.960. The van der Waals surface area contributed by atoms with Crippen LogP contribution in [0, 0.1) is 0 Å². The standard InChI is InChI=1S/C59H40N2/c1-3-12-41(13-4-1)52-39-56(48-14-5-2-6-15-48)60-57(40-52)49-32-30-44(31-33-49)42-22-26-46(27-23-42)50-16-11-17-51(38-50)47-28-24-43(25-29-47)45-34-36-53(37-35-45)61-58-20-9-7-18-54(58)55-19-8-10-21-59(55)61/h1-40H. The summed E-state index contributed by atoms with van der Waals surface area (Å²) in [5, 5.41) is 2.55. The van der Waals surface area contributed by atoms with Crippen LogP contribution in [0.25, 0.3) is 106 Å². The predicted octanol–water partition coefficient (Wildman–Crippen LogP) is 15.8. The average molecular weight is 777 g/mol. The lowest BCUT2D eigenvalue weighted by molar-refractivity contribution is 1.18. The van der Waals surface area contributed by atoms with E-state index < -0.39 is 0 Å². The Bertz CT molecular complexity index is 3180. The lowest BCUT2D eigenvalue weighted by Crippen LogP contribution is -1.93. The van der Waals surface area contributed by atoms with Gasteiger partial charge in [0.2, 0.25) is 0 Å². The van der Waals surface area contributed by atoms with Gasteiger partial charge in [-0.05, 0) is 98.1 Å². The zero-order valence-corrected chi connectivity index (χ0v) is 33.5. The maximum Gasteiger partial charge on any atom is 0.0715 e. The monoisotopic (exact) mass is 776 g/mol. The molecule has 0 saturated carbocycles. The van der Waals surface area contributed by atoms with E-state index in [1.807, 2.05) is 6.07 Å². The molecule has 0 amide bonds. The number of nitrogens with zero attached hydrogens (tertiary/aromatic N) is 2. The van der Waals surface area contributed by atoms with Crippen molar-refractivity contribution in [1.29, 1.82) is 0 Å². The lowest BCUT2D eigenvalue weighted by atomic mass is 9.95. The van der Waals surface area contributed by atoms with E-state index >= 15 is 0 Å². The van der Waals surface area contributed by atoms with Gasteiger partial charge in [0.15, 0.2) is 0 Å². The fraction of sp³-hybridized carbons (Fsp3) is 0. The second-order valence-corrected chi connectivity index (χ2v) is 15.6. The first kappa shape index (κ1) is 36.0. The van der Waals surface area contributed by atoms with E-state index in [4.69, 9.17) is 4.98 Å². The molecule has 0 saturated heterocycles. The van der Waals surface area contributed by atoms with Crippen LogP contribution >= 0.6 is 0 Å². The van der Waals surface area contributed by atoms with Crippen molar-refractivity contribution in [3.05, 3.63) is 243 Å². The number of fused-ring (bicyclic) bond motifs is 3. The first-order chi connectivity index (χ1) is 30.2. The van der Waals surface area contributed by atoms with Gasteiger partial charge in [-0.3, -0.25) is 0 Å². The summed E-state index contributed by atoms with van der Waals surface area (Å²) >= 11 is 0. The van der Waals surface area contributed by atoms with Crippen molar-refractivity contribution in [2.75, 3.05) is 0 Å². The van der Waals surface area contributed by atoms with E-state index in [2.05, 4.69) is 241 Å². The molecule has 0 radical (unpaired) electrons. The van der Waals surface area contributed by atoms with E-state index in [9.17, 15) is 0 Å². The number of hydrogen-bond donors (Lipinski definition) is 0. The van der Waals surface area contributed by atoms with E-state index in [-0.39, 0.29) is 0 Å². The molecule has 0 unspecified atom stereocenters. The maximum atomic E-state index is 5.12. The van der Waals surface area contributed by atoms with Gasteiger partial charge in [0, 0.05) is 27.6 Å². The van der Waals surface area contributed by atoms with Gasteiger partial charge in [-0.15, -0.1) is 0 Å². The van der Waals surface area contributed by atoms with Gasteiger partial charge in [0.1, 0.15) is 0 Å². The molecular formula is C59H40N2. The molecule has 2 heterocycles. The Morgan fingerprint density at radius 3 is 1.03 bits per heavy atom. The van der Waals surface area contributed by atoms with E-state index in [1.54, 1.807) is 0 Å². The second kappa shape index (κ2) is 15.6. The maximum absolute atomic E-state index is 5.12. The summed E-state index contributed by atoms with van der Waals surface area (Å²) in [6, 6.07) is 87.0. The number of aromatic nitrogens is 2. The molecule has 0 aliphatic carbocycles. The van der Waals surface area contributed by atoms with Gasteiger partial charge in [-0.1, -0.05) is 200 Å². The molecule has 286 valence electrons. The van der Waals surface area contributed by atoms with Crippen LogP contribution in [0.4, 0.5) is 0 Å². The normalized spacial score (nSPS) is 11.3. The molecule has 2 nitrogen and oxygen atoms in total. The molecular weight excluding hydrogens is 737 g/mol. The van der Waals surface area contributed by atoms with Crippen LogP contribution in [-0.4, -0.2) is 9.55 Å². The Labute approximate surface area is 356 Å². The minimum Gasteiger partial charge on any atom is -0.309 e. The molecule has 9 aromatic carbocycles. The van der Waals surface area contributed by atoms with Crippen LogP contribution in [0.3, 0.4) is 0 Å². The van der Waals surface area contributed by atoms with Crippen LogP contribution in [-0.2, 0) is 0 Å². The first-order valence-corrected chi connectivity index (χ1v) is 20.9. The third kappa shape index (κ3) is 7.01. The van der Waals surface area contributed by atoms with Crippen LogP contribution in [0.1, 0.15) is 0 Å². The summed E-state index contributed by atoms with van der Waals surface area (Å²) in [5.41, 5.74) is 19.6. The van der Waals surface area contributed by atoms with E-state index in [0.717, 1.165) is 33.8 Å². The van der Waals surface area contributed by atoms with Crippen LogP contribution in [0.15, 0.2) is 243 Å². The highest BCUT2D eigenvalue weighted by atomic mass is 15.0. The fourth-order valence-electron chi connectivity index (χ4n) is 8.66. The minimum absolute atomic E-state index is 0.960. The highest BCUT2D eigenvalue weighted by molar-refractivity contribution is 6.09. The van der Waals surface area contributed by atoms with Gasteiger partial charge in [0.05, 0.1) is 22.4 Å². The van der Waals surface area contributed by atoms with Gasteiger partial charge < -0.3 is 4.57 Å². The van der Waals surface area contributed by atoms with Crippen molar-refractivity contribution in [3.8, 4) is 83.8 Å². The van der Waals surface area contributed by atoms with Crippen molar-refractivity contribution in [2.24, 2.45) is 0 Å². The molecule has 61 heavy (non-hydrogen) atoms. The summed E-state index contributed by atoms with van der Waals surface area (Å²) in [6.07, 6.45) is 0. The molecule has 0 atom stereocenters. The Kier molecular flexibility index (Phi) is 9.22. The molecule has 11 aromatic rings. The van der Waals surface area contributed by atoms with Crippen molar-refractivity contribution in [2.45, 2.75) is 0 Å². The number of hydrogen-bond acceptors (Lipinski definition) is 1. The smallest absolute Gasteiger partial charge is 0.0715 e. The lowest BCUT2D eigenvalue weighted by Gasteiger charge is -2.11. The van der Waals surface area contributed by atoms with Gasteiger partial charge in [-0.2, -0.15) is 0 Å². The number of para-hydroxylation sites is 2. The molecule has 0 aliphatic rings. The van der Waals surface area contributed by atoms with Gasteiger partial charge in [0.25, 0.3) is 0 Å². The molecule has 0 spiro atoms. The fourth-order valence-corrected chi connectivity index (χ4v) is 8.66. The van der Waals surface area contributed by atoms with Crippen molar-refractivity contribution in [3.63, 3.8) is 0 Å². The van der Waals surface area contributed by atoms with Crippen molar-refractivity contribution >= 4 is 21.8 Å². The average Bonchev–Trinajstić information content (AvgIpc) is 3.69. The molecule has 2 heteroatoms. The van der Waals surface area contributed by atoms with E-state index in [0.29, 0.717) is 0 Å². The third-order valence-electron chi connectivity index (χ3n) is 11.9. The van der Waals surface area contributed by atoms with Crippen molar-refractivity contribution < 1.29 is 0 Å². The summed E-state index contributed by atoms with van der Waals surface area (Å²) < 4.78 is 2.36. The summed E-state index contributed by atoms with van der Waals surface area (Å²) in [5.74, 6) is 0. The topological polar surface area (TPSA) is 17.8 Å². The Morgan fingerprint density at radius 2 is 0.557 bits per heavy atom. The molecule has 0 bridgehead atoms. The molecule has 0 N–H and O–H groups in total. The van der Waals surface area contributed by atoms with Gasteiger partial charge >= 0.3 is 0 Å². The van der Waals surface area contributed by atoms with Crippen molar-refractivity contribution in [1.82, 2.24) is 9.55 Å². The second-order valence-electron chi connectivity index (χ2n) is 15.6. The quantitative estimate of drug-likeness (QED) is 0.150. The van der Waals surface area contributed by atoms with Gasteiger partial charge in [-0.25, -0.2) is 4.98 Å². The van der Waals surface area contributed by atoms with Crippen LogP contribution in [0.2, 0.25) is 0 Å². The Hall–Kier alpha value is -8.07.